The van der Waals surface area contributed by atoms with Crippen LogP contribution in [0.2, 0.25) is 0 Å². The number of alkyl halides is 3. The molecule has 37 heavy (non-hydrogen) atoms. The smallest absolute Gasteiger partial charge is 0.390 e. The molecule has 4 rings (SSSR count). The zero-order valence-corrected chi connectivity index (χ0v) is 20.0. The van der Waals surface area contributed by atoms with E-state index >= 15 is 0 Å². The van der Waals surface area contributed by atoms with Gasteiger partial charge in [-0.2, -0.15) is 13.2 Å². The van der Waals surface area contributed by atoms with Crippen LogP contribution in [0.1, 0.15) is 30.0 Å². The number of rotatable bonds is 7. The zero-order valence-electron chi connectivity index (χ0n) is 20.0. The van der Waals surface area contributed by atoms with Crippen molar-refractivity contribution in [2.45, 2.75) is 43.7 Å². The van der Waals surface area contributed by atoms with Gasteiger partial charge >= 0.3 is 12.1 Å². The van der Waals surface area contributed by atoms with E-state index in [4.69, 9.17) is 5.73 Å². The number of aliphatic imine (C=N–C) groups is 2. The summed E-state index contributed by atoms with van der Waals surface area (Å²) in [5.74, 6) is -1.75. The van der Waals surface area contributed by atoms with Crippen LogP contribution in [0.5, 0.6) is 0 Å². The quantitative estimate of drug-likeness (QED) is 0.282. The first-order valence-electron chi connectivity index (χ1n) is 11.6. The van der Waals surface area contributed by atoms with Crippen LogP contribution >= 0.6 is 0 Å². The van der Waals surface area contributed by atoms with E-state index < -0.39 is 30.3 Å². The maximum atomic E-state index is 12.6. The highest BCUT2D eigenvalue weighted by atomic mass is 19.4. The van der Waals surface area contributed by atoms with Crippen LogP contribution in [0, 0.1) is 5.92 Å². The summed E-state index contributed by atoms with van der Waals surface area (Å²) in [4.78, 5) is 23.4. The van der Waals surface area contributed by atoms with Gasteiger partial charge < -0.3 is 25.8 Å². The number of aliphatic hydroxyl groups is 2. The molecule has 1 amide bonds. The Labute approximate surface area is 210 Å². The first kappa shape index (κ1) is 26.3. The van der Waals surface area contributed by atoms with Gasteiger partial charge in [0.25, 0.3) is 0 Å². The molecular formula is C25H27F3N6O3. The number of fused-ring (bicyclic) bond motifs is 1. The molecule has 0 saturated heterocycles. The fourth-order valence-corrected chi connectivity index (χ4v) is 4.78. The van der Waals surface area contributed by atoms with Gasteiger partial charge in [-0.1, -0.05) is 12.1 Å². The number of amides is 1. The molecule has 0 radical (unpaired) electrons. The summed E-state index contributed by atoms with van der Waals surface area (Å²) in [6.45, 7) is 3.60. The third-order valence-electron chi connectivity index (χ3n) is 6.74. The van der Waals surface area contributed by atoms with Crippen LogP contribution < -0.4 is 11.1 Å². The molecular weight excluding hydrogens is 489 g/mol. The Hall–Kier alpha value is -3.77. The lowest BCUT2D eigenvalue weighted by Crippen LogP contribution is -2.30. The highest BCUT2D eigenvalue weighted by Gasteiger charge is 2.43. The maximum absolute atomic E-state index is 12.6. The second kappa shape index (κ2) is 10.3. The third kappa shape index (κ3) is 5.35. The van der Waals surface area contributed by atoms with Gasteiger partial charge in [0, 0.05) is 18.6 Å². The van der Waals surface area contributed by atoms with E-state index in [-0.39, 0.29) is 17.6 Å². The second-order valence-electron chi connectivity index (χ2n) is 8.99. The van der Waals surface area contributed by atoms with Crippen LogP contribution in [0.15, 0.2) is 52.6 Å². The number of carbonyl (C=O) groups excluding carboxylic acids is 1. The second-order valence-corrected chi connectivity index (χ2v) is 8.99. The van der Waals surface area contributed by atoms with Crippen molar-refractivity contribution in [3.05, 3.63) is 53.7 Å². The number of carbonyl (C=O) groups is 1. The molecule has 0 spiro atoms. The number of hydrogen-bond acceptors (Lipinski definition) is 6. The van der Waals surface area contributed by atoms with E-state index in [2.05, 4.69) is 21.7 Å². The summed E-state index contributed by atoms with van der Waals surface area (Å²) in [5, 5.41) is 24.0. The van der Waals surface area contributed by atoms with Gasteiger partial charge in [-0.25, -0.2) is 9.98 Å². The number of pyridine rings is 1. The average Bonchev–Trinajstić information content (AvgIpc) is 3.42. The molecule has 9 nitrogen and oxygen atoms in total. The van der Waals surface area contributed by atoms with E-state index in [0.29, 0.717) is 41.5 Å². The molecule has 5 N–H and O–H groups in total. The Balaban J connectivity index is 1.47. The number of amidine groups is 1. The van der Waals surface area contributed by atoms with Crippen molar-refractivity contribution in [2.24, 2.45) is 21.6 Å². The Morgan fingerprint density at radius 3 is 2.65 bits per heavy atom. The molecule has 0 unspecified atom stereocenters. The van der Waals surface area contributed by atoms with Crippen molar-refractivity contribution in [1.29, 1.82) is 0 Å². The Morgan fingerprint density at radius 2 is 1.97 bits per heavy atom. The number of nitrogens with one attached hydrogen (secondary N) is 1. The summed E-state index contributed by atoms with van der Waals surface area (Å²) in [6, 6.07) is 9.59. The minimum Gasteiger partial charge on any atom is -0.390 e. The number of halogens is 3. The number of aryl methyl sites for hydroxylation is 1. The molecule has 2 heterocycles. The molecule has 2 aromatic heterocycles. The lowest BCUT2D eigenvalue weighted by molar-refractivity contribution is -0.167. The number of aliphatic hydroxyl groups excluding tert-OH is 2. The fraction of sp³-hybridized carbons (Fsp3) is 0.360. The molecule has 12 heteroatoms. The molecule has 4 atom stereocenters. The van der Waals surface area contributed by atoms with Gasteiger partial charge in [0.15, 0.2) is 0 Å². The topological polar surface area (TPSA) is 138 Å². The molecule has 3 aromatic rings. The largest absolute Gasteiger partial charge is 0.471 e. The van der Waals surface area contributed by atoms with Crippen molar-refractivity contribution >= 4 is 41.0 Å². The Bertz CT molecular complexity index is 1350. The molecule has 1 saturated carbocycles. The van der Waals surface area contributed by atoms with Crippen molar-refractivity contribution in [1.82, 2.24) is 9.55 Å². The minimum absolute atomic E-state index is 0.198. The van der Waals surface area contributed by atoms with Gasteiger partial charge in [0.05, 0.1) is 23.2 Å². The van der Waals surface area contributed by atoms with E-state index in [1.54, 1.807) is 47.4 Å². The first-order chi connectivity index (χ1) is 17.5. The lowest BCUT2D eigenvalue weighted by Gasteiger charge is -2.20. The van der Waals surface area contributed by atoms with Crippen LogP contribution in [0.4, 0.5) is 24.8 Å². The SMILES string of the molecule is C=Nc1c(C(N)=NC)ccn1[C@@H]1C[C@H](CCc2ccc3ccc(NC(=O)C(F)(F)F)nc3c2)[C@@H](O)[C@H]1O. The van der Waals surface area contributed by atoms with E-state index in [0.717, 1.165) is 5.56 Å². The van der Waals surface area contributed by atoms with Crippen molar-refractivity contribution < 1.29 is 28.2 Å². The standard InChI is InChI=1S/C25H27F3N6O3/c1-30-22(29)16-9-10-34(23(16)31-2)18-12-15(20(35)21(18)36)6-4-13-3-5-14-7-8-19(32-17(14)11-13)33-24(37)25(26,27)28/h3,5,7-11,15,18,20-21,35-36H,2,4,6,12H2,1H3,(H2,29,30)(H,32,33,37)/t15-,18+,20+,21-/m0/s1. The van der Waals surface area contributed by atoms with Crippen LogP contribution in [-0.4, -0.2) is 63.7 Å². The number of benzene rings is 1. The average molecular weight is 517 g/mol. The fourth-order valence-electron chi connectivity index (χ4n) is 4.78. The first-order valence-corrected chi connectivity index (χ1v) is 11.6. The van der Waals surface area contributed by atoms with Gasteiger partial charge in [0.1, 0.15) is 23.6 Å². The number of hydrogen-bond donors (Lipinski definition) is 4. The number of nitrogens with two attached hydrogens (primary N) is 1. The van der Waals surface area contributed by atoms with Gasteiger partial charge in [-0.05, 0) is 61.7 Å². The molecule has 1 aromatic carbocycles. The number of nitrogens with zero attached hydrogens (tertiary/aromatic N) is 4. The predicted molar refractivity (Wildman–Crippen MR) is 134 cm³/mol. The Kier molecular flexibility index (Phi) is 7.32. The monoisotopic (exact) mass is 516 g/mol. The van der Waals surface area contributed by atoms with E-state index in [1.807, 2.05) is 6.07 Å². The predicted octanol–water partition coefficient (Wildman–Crippen LogP) is 3.12. The lowest BCUT2D eigenvalue weighted by atomic mass is 9.95. The van der Waals surface area contributed by atoms with Crippen molar-refractivity contribution in [2.75, 3.05) is 12.4 Å². The number of anilines is 1. The van der Waals surface area contributed by atoms with Crippen LogP contribution in [0.3, 0.4) is 0 Å². The number of aromatic nitrogens is 2. The molecule has 1 fully saturated rings. The molecule has 196 valence electrons. The highest BCUT2D eigenvalue weighted by Crippen LogP contribution is 2.41. The summed E-state index contributed by atoms with van der Waals surface area (Å²) in [6.07, 6.45) is -3.68. The summed E-state index contributed by atoms with van der Waals surface area (Å²) >= 11 is 0. The zero-order chi connectivity index (χ0) is 26.9. The molecule has 0 aliphatic heterocycles. The van der Waals surface area contributed by atoms with Crippen LogP contribution in [-0.2, 0) is 11.2 Å². The van der Waals surface area contributed by atoms with E-state index in [1.165, 1.54) is 6.07 Å². The normalized spacial score (nSPS) is 22.4. The summed E-state index contributed by atoms with van der Waals surface area (Å²) < 4.78 is 39.4. The van der Waals surface area contributed by atoms with Gasteiger partial charge in [0.2, 0.25) is 0 Å². The molecule has 1 aliphatic carbocycles. The van der Waals surface area contributed by atoms with E-state index in [9.17, 15) is 28.2 Å². The van der Waals surface area contributed by atoms with Crippen molar-refractivity contribution in [3.63, 3.8) is 0 Å². The minimum atomic E-state index is -5.01. The molecule has 1 aliphatic rings. The highest BCUT2D eigenvalue weighted by molar-refractivity contribution is 6.01. The Morgan fingerprint density at radius 1 is 1.24 bits per heavy atom. The van der Waals surface area contributed by atoms with Gasteiger partial charge in [-0.15, -0.1) is 0 Å². The molecule has 0 bridgehead atoms. The summed E-state index contributed by atoms with van der Waals surface area (Å²) in [5.41, 5.74) is 7.82. The third-order valence-corrected chi connectivity index (χ3v) is 6.74. The maximum Gasteiger partial charge on any atom is 0.471 e. The summed E-state index contributed by atoms with van der Waals surface area (Å²) in [7, 11) is 1.56. The van der Waals surface area contributed by atoms with Crippen molar-refractivity contribution in [3.8, 4) is 0 Å². The van der Waals surface area contributed by atoms with Crippen LogP contribution in [0.25, 0.3) is 10.9 Å². The van der Waals surface area contributed by atoms with Gasteiger partial charge in [-0.3, -0.25) is 9.79 Å².